The molecule has 0 atom stereocenters. The van der Waals surface area contributed by atoms with Gasteiger partial charge in [-0.2, -0.15) is 0 Å². The van der Waals surface area contributed by atoms with Crippen LogP contribution in [0.2, 0.25) is 5.02 Å². The summed E-state index contributed by atoms with van der Waals surface area (Å²) < 4.78 is 27.3. The molecule has 21 heavy (non-hydrogen) atoms. The van der Waals surface area contributed by atoms with E-state index in [2.05, 4.69) is 20.7 Å². The molecule has 0 aliphatic carbocycles. The van der Waals surface area contributed by atoms with Crippen LogP contribution < -0.4 is 4.72 Å². The van der Waals surface area contributed by atoms with E-state index in [1.54, 1.807) is 24.3 Å². The number of sulfonamides is 1. The van der Waals surface area contributed by atoms with Crippen LogP contribution in [0.4, 0.5) is 5.69 Å². The predicted molar refractivity (Wildman–Crippen MR) is 90.8 cm³/mol. The molecular weight excluding hydrogens is 374 g/mol. The number of halogens is 2. The van der Waals surface area contributed by atoms with Crippen LogP contribution in [0.1, 0.15) is 12.0 Å². The lowest BCUT2D eigenvalue weighted by atomic mass is 10.1. The molecule has 0 heterocycles. The molecular formula is C15H15BrClNO2S. The SMILES string of the molecule is O=S(=O)(Nc1cccc(CCCBr)c1)c1ccccc1Cl. The number of benzene rings is 2. The Balaban J connectivity index is 2.23. The summed E-state index contributed by atoms with van der Waals surface area (Å²) in [6.07, 6.45) is 1.90. The molecule has 0 fully saturated rings. The first kappa shape index (κ1) is 16.3. The second kappa shape index (κ2) is 7.29. The normalized spacial score (nSPS) is 11.3. The Morgan fingerprint density at radius 3 is 2.57 bits per heavy atom. The lowest BCUT2D eigenvalue weighted by Crippen LogP contribution is -2.13. The average molecular weight is 389 g/mol. The fraction of sp³-hybridized carbons (Fsp3) is 0.200. The Kier molecular flexibility index (Phi) is 5.67. The van der Waals surface area contributed by atoms with Crippen molar-refractivity contribution in [2.24, 2.45) is 0 Å². The Morgan fingerprint density at radius 1 is 1.10 bits per heavy atom. The van der Waals surface area contributed by atoms with Crippen LogP contribution in [-0.2, 0) is 16.4 Å². The maximum absolute atomic E-state index is 12.3. The van der Waals surface area contributed by atoms with Crippen LogP contribution in [0.3, 0.4) is 0 Å². The summed E-state index contributed by atoms with van der Waals surface area (Å²) in [5.74, 6) is 0. The Hall–Kier alpha value is -1.04. The highest BCUT2D eigenvalue weighted by Gasteiger charge is 2.17. The number of aryl methyl sites for hydroxylation is 1. The van der Waals surface area contributed by atoms with Crippen LogP contribution in [0.15, 0.2) is 53.4 Å². The molecule has 0 aliphatic heterocycles. The van der Waals surface area contributed by atoms with Gasteiger partial charge in [0.2, 0.25) is 0 Å². The zero-order valence-electron chi connectivity index (χ0n) is 11.2. The van der Waals surface area contributed by atoms with Gasteiger partial charge in [0.25, 0.3) is 10.0 Å². The van der Waals surface area contributed by atoms with Crippen LogP contribution in [0.25, 0.3) is 0 Å². The monoisotopic (exact) mass is 387 g/mol. The zero-order chi connectivity index (χ0) is 15.3. The highest BCUT2D eigenvalue weighted by atomic mass is 79.9. The third-order valence-corrected chi connectivity index (χ3v) is 5.35. The summed E-state index contributed by atoms with van der Waals surface area (Å²) in [7, 11) is -3.67. The van der Waals surface area contributed by atoms with Crippen molar-refractivity contribution in [1.82, 2.24) is 0 Å². The Labute approximate surface area is 138 Å². The highest BCUT2D eigenvalue weighted by Crippen LogP contribution is 2.23. The minimum absolute atomic E-state index is 0.0810. The van der Waals surface area contributed by atoms with E-state index in [1.165, 1.54) is 6.07 Å². The third-order valence-electron chi connectivity index (χ3n) is 2.90. The molecule has 1 N–H and O–H groups in total. The summed E-state index contributed by atoms with van der Waals surface area (Å²) in [5, 5.41) is 1.13. The highest BCUT2D eigenvalue weighted by molar-refractivity contribution is 9.09. The molecule has 0 bridgehead atoms. The molecule has 0 saturated carbocycles. The molecule has 0 unspecified atom stereocenters. The molecule has 3 nitrogen and oxygen atoms in total. The van der Waals surface area contributed by atoms with Gasteiger partial charge in [-0.05, 0) is 42.7 Å². The summed E-state index contributed by atoms with van der Waals surface area (Å²) in [5.41, 5.74) is 1.64. The second-order valence-corrected chi connectivity index (χ2v) is 7.38. The van der Waals surface area contributed by atoms with Crippen molar-refractivity contribution in [1.29, 1.82) is 0 Å². The summed E-state index contributed by atoms with van der Waals surface area (Å²) in [4.78, 5) is 0.0810. The van der Waals surface area contributed by atoms with Crippen LogP contribution >= 0.6 is 27.5 Å². The van der Waals surface area contributed by atoms with Gasteiger partial charge in [-0.3, -0.25) is 4.72 Å². The van der Waals surface area contributed by atoms with Crippen LogP contribution in [0.5, 0.6) is 0 Å². The van der Waals surface area contributed by atoms with E-state index >= 15 is 0 Å². The van der Waals surface area contributed by atoms with Crippen molar-refractivity contribution in [3.05, 3.63) is 59.1 Å². The van der Waals surface area contributed by atoms with E-state index in [1.807, 2.05) is 18.2 Å². The average Bonchev–Trinajstić information content (AvgIpc) is 2.45. The van der Waals surface area contributed by atoms with E-state index in [0.29, 0.717) is 5.69 Å². The lowest BCUT2D eigenvalue weighted by Gasteiger charge is -2.10. The number of alkyl halides is 1. The summed E-state index contributed by atoms with van der Waals surface area (Å²) >= 11 is 9.34. The minimum atomic E-state index is -3.67. The van der Waals surface area contributed by atoms with Gasteiger partial charge in [-0.15, -0.1) is 0 Å². The van der Waals surface area contributed by atoms with E-state index in [0.717, 1.165) is 23.7 Å². The van der Waals surface area contributed by atoms with Gasteiger partial charge < -0.3 is 0 Å². The van der Waals surface area contributed by atoms with Crippen molar-refractivity contribution < 1.29 is 8.42 Å². The molecule has 0 aliphatic rings. The number of hydrogen-bond donors (Lipinski definition) is 1. The Morgan fingerprint density at radius 2 is 1.86 bits per heavy atom. The van der Waals surface area contributed by atoms with Gasteiger partial charge in [0.15, 0.2) is 0 Å². The van der Waals surface area contributed by atoms with E-state index in [4.69, 9.17) is 11.6 Å². The minimum Gasteiger partial charge on any atom is -0.280 e. The smallest absolute Gasteiger partial charge is 0.263 e. The van der Waals surface area contributed by atoms with Gasteiger partial charge >= 0.3 is 0 Å². The number of nitrogens with one attached hydrogen (secondary N) is 1. The molecule has 6 heteroatoms. The summed E-state index contributed by atoms with van der Waals surface area (Å²) in [6.45, 7) is 0. The first-order valence-corrected chi connectivity index (χ1v) is 9.43. The zero-order valence-corrected chi connectivity index (χ0v) is 14.4. The molecule has 112 valence electrons. The number of rotatable bonds is 6. The van der Waals surface area contributed by atoms with Crippen molar-refractivity contribution in [3.63, 3.8) is 0 Å². The van der Waals surface area contributed by atoms with Gasteiger partial charge in [-0.25, -0.2) is 8.42 Å². The first-order valence-electron chi connectivity index (χ1n) is 6.45. The first-order chi connectivity index (χ1) is 10.0. The van der Waals surface area contributed by atoms with E-state index < -0.39 is 10.0 Å². The van der Waals surface area contributed by atoms with Crippen molar-refractivity contribution in [3.8, 4) is 0 Å². The molecule has 2 aromatic rings. The summed E-state index contributed by atoms with van der Waals surface area (Å²) in [6, 6.07) is 13.8. The second-order valence-electron chi connectivity index (χ2n) is 4.53. The van der Waals surface area contributed by atoms with Crippen molar-refractivity contribution in [2.45, 2.75) is 17.7 Å². The standard InChI is InChI=1S/C15H15BrClNO2S/c16-10-4-6-12-5-3-7-13(11-12)18-21(19,20)15-9-2-1-8-14(15)17/h1-3,5,7-9,11,18H,4,6,10H2. The topological polar surface area (TPSA) is 46.2 Å². The third kappa shape index (κ3) is 4.46. The maximum atomic E-state index is 12.3. The predicted octanol–water partition coefficient (Wildman–Crippen LogP) is 4.47. The molecule has 2 rings (SSSR count). The van der Waals surface area contributed by atoms with Crippen LogP contribution in [0, 0.1) is 0 Å². The quantitative estimate of drug-likeness (QED) is 0.742. The van der Waals surface area contributed by atoms with Crippen LogP contribution in [-0.4, -0.2) is 13.7 Å². The van der Waals surface area contributed by atoms with Gasteiger partial charge in [-0.1, -0.05) is 51.8 Å². The fourth-order valence-electron chi connectivity index (χ4n) is 1.93. The molecule has 0 spiro atoms. The molecule has 2 aromatic carbocycles. The fourth-order valence-corrected chi connectivity index (χ4v) is 3.78. The largest absolute Gasteiger partial charge is 0.280 e. The maximum Gasteiger partial charge on any atom is 0.263 e. The molecule has 0 radical (unpaired) electrons. The van der Waals surface area contributed by atoms with Gasteiger partial charge in [0.1, 0.15) is 4.90 Å². The number of hydrogen-bond acceptors (Lipinski definition) is 2. The molecule has 0 aromatic heterocycles. The van der Waals surface area contributed by atoms with Gasteiger partial charge in [0, 0.05) is 11.0 Å². The van der Waals surface area contributed by atoms with E-state index in [-0.39, 0.29) is 9.92 Å². The van der Waals surface area contributed by atoms with Crippen molar-refractivity contribution >= 4 is 43.2 Å². The molecule has 0 amide bonds. The van der Waals surface area contributed by atoms with Gasteiger partial charge in [0.05, 0.1) is 5.02 Å². The van der Waals surface area contributed by atoms with Crippen molar-refractivity contribution in [2.75, 3.05) is 10.1 Å². The lowest BCUT2D eigenvalue weighted by molar-refractivity contribution is 0.601. The Bertz CT molecular complexity index is 719. The number of anilines is 1. The van der Waals surface area contributed by atoms with E-state index in [9.17, 15) is 8.42 Å². The molecule has 0 saturated heterocycles.